The summed E-state index contributed by atoms with van der Waals surface area (Å²) in [6, 6.07) is 12.2. The molecule has 26 heavy (non-hydrogen) atoms. The number of carbonyl (C=O) groups is 1. The third-order valence-electron chi connectivity index (χ3n) is 5.18. The zero-order valence-corrected chi connectivity index (χ0v) is 14.8. The van der Waals surface area contributed by atoms with Gasteiger partial charge < -0.3 is 10.1 Å². The normalized spacial score (nSPS) is 17.3. The highest BCUT2D eigenvalue weighted by atomic mass is 19.1. The van der Waals surface area contributed by atoms with E-state index in [9.17, 15) is 13.6 Å². The lowest BCUT2D eigenvalue weighted by molar-refractivity contribution is -0.0217. The van der Waals surface area contributed by atoms with Crippen molar-refractivity contribution in [3.05, 3.63) is 71.3 Å². The summed E-state index contributed by atoms with van der Waals surface area (Å²) >= 11 is 0. The lowest BCUT2D eigenvalue weighted by atomic mass is 9.69. The number of nitrogens with one attached hydrogen (secondary N) is 1. The number of ether oxygens (including phenoxy) is 1. The molecule has 1 saturated carbocycles. The minimum atomic E-state index is -1.29. The Balaban J connectivity index is 2.23. The maximum atomic E-state index is 14.9. The molecular formula is C21H23F2NO2. The van der Waals surface area contributed by atoms with Gasteiger partial charge in [0.05, 0.1) is 0 Å². The Labute approximate surface area is 152 Å². The Hall–Kier alpha value is -2.43. The molecule has 1 atom stereocenters. The Kier molecular flexibility index (Phi) is 5.55. The fourth-order valence-electron chi connectivity index (χ4n) is 3.97. The Morgan fingerprint density at radius 3 is 2.31 bits per heavy atom. The summed E-state index contributed by atoms with van der Waals surface area (Å²) in [6.45, 7) is 0. The molecule has 1 aliphatic rings. The van der Waals surface area contributed by atoms with Crippen molar-refractivity contribution >= 4 is 6.09 Å². The molecule has 0 spiro atoms. The number of alkyl carbamates (subject to hydrolysis) is 1. The van der Waals surface area contributed by atoms with E-state index in [-0.39, 0.29) is 11.7 Å². The molecule has 0 bridgehead atoms. The molecule has 0 heterocycles. The van der Waals surface area contributed by atoms with Gasteiger partial charge in [-0.25, -0.2) is 13.6 Å². The van der Waals surface area contributed by atoms with E-state index in [1.807, 2.05) is 0 Å². The van der Waals surface area contributed by atoms with Crippen molar-refractivity contribution in [1.29, 1.82) is 0 Å². The summed E-state index contributed by atoms with van der Waals surface area (Å²) in [5.74, 6) is -0.915. The topological polar surface area (TPSA) is 38.3 Å². The van der Waals surface area contributed by atoms with Gasteiger partial charge in [-0.05, 0) is 31.0 Å². The summed E-state index contributed by atoms with van der Waals surface area (Å²) < 4.78 is 34.3. The van der Waals surface area contributed by atoms with Gasteiger partial charge in [0.1, 0.15) is 11.6 Å². The summed E-state index contributed by atoms with van der Waals surface area (Å²) in [7, 11) is 1.47. The van der Waals surface area contributed by atoms with Gasteiger partial charge in [0.25, 0.3) is 0 Å². The van der Waals surface area contributed by atoms with Crippen molar-refractivity contribution in [3.63, 3.8) is 0 Å². The number of amides is 1. The Bertz CT molecular complexity index is 757. The molecule has 0 saturated heterocycles. The molecule has 1 unspecified atom stereocenters. The fourth-order valence-corrected chi connectivity index (χ4v) is 3.97. The van der Waals surface area contributed by atoms with Crippen LogP contribution in [-0.2, 0) is 10.3 Å². The molecule has 2 aromatic carbocycles. The number of rotatable bonds is 4. The molecule has 5 heteroatoms. The second-order valence-electron chi connectivity index (χ2n) is 6.70. The first-order valence-corrected chi connectivity index (χ1v) is 8.99. The monoisotopic (exact) mass is 359 g/mol. The first kappa shape index (κ1) is 18.4. The summed E-state index contributed by atoms with van der Waals surface area (Å²) in [5, 5.41) is 2.47. The van der Waals surface area contributed by atoms with Crippen LogP contribution in [0.4, 0.5) is 13.6 Å². The van der Waals surface area contributed by atoms with E-state index in [4.69, 9.17) is 4.74 Å². The average Bonchev–Trinajstić information content (AvgIpc) is 2.68. The van der Waals surface area contributed by atoms with Crippen LogP contribution in [0.25, 0.3) is 0 Å². The quantitative estimate of drug-likeness (QED) is 0.820. The third kappa shape index (κ3) is 3.43. The average molecular weight is 359 g/mol. The van der Waals surface area contributed by atoms with Crippen LogP contribution >= 0.6 is 0 Å². The molecule has 3 nitrogen and oxygen atoms in total. The summed E-state index contributed by atoms with van der Waals surface area (Å²) in [5.41, 5.74) is -0.402. The number of benzene rings is 2. The van der Waals surface area contributed by atoms with Crippen LogP contribution in [0.5, 0.6) is 0 Å². The number of hydrogen-bond acceptors (Lipinski definition) is 2. The Morgan fingerprint density at radius 1 is 1.04 bits per heavy atom. The van der Waals surface area contributed by atoms with Crippen LogP contribution in [0.2, 0.25) is 0 Å². The molecule has 0 aliphatic heterocycles. The van der Waals surface area contributed by atoms with Crippen LogP contribution in [-0.4, -0.2) is 13.1 Å². The Morgan fingerprint density at radius 2 is 1.69 bits per heavy atom. The van der Waals surface area contributed by atoms with Crippen molar-refractivity contribution < 1.29 is 18.3 Å². The first-order chi connectivity index (χ1) is 12.6. The van der Waals surface area contributed by atoms with Crippen LogP contribution < -0.4 is 5.32 Å². The summed E-state index contributed by atoms with van der Waals surface area (Å²) in [4.78, 5) is 12.3. The molecule has 1 amide bonds. The second kappa shape index (κ2) is 7.85. The van der Waals surface area contributed by atoms with Gasteiger partial charge >= 0.3 is 6.09 Å². The van der Waals surface area contributed by atoms with Gasteiger partial charge in [0.15, 0.2) is 5.60 Å². The van der Waals surface area contributed by atoms with E-state index in [0.29, 0.717) is 11.1 Å². The standard InChI is InChI=1S/C21H23F2NO2/c1-24-20(25)26-21(15-7-3-2-4-8-15,16-11-13-17(22)14-12-16)18-9-5-6-10-19(18)23/h5-6,9-15H,2-4,7-8H2,1H3,(H,24,25). The largest absolute Gasteiger partial charge is 0.433 e. The molecule has 2 aromatic rings. The van der Waals surface area contributed by atoms with E-state index in [2.05, 4.69) is 5.32 Å². The van der Waals surface area contributed by atoms with Crippen molar-refractivity contribution in [2.24, 2.45) is 5.92 Å². The molecule has 0 radical (unpaired) electrons. The van der Waals surface area contributed by atoms with Gasteiger partial charge in [0.2, 0.25) is 0 Å². The SMILES string of the molecule is CNC(=O)OC(c1ccc(F)cc1)(c1ccccc1F)C1CCCCC1. The molecule has 3 rings (SSSR count). The molecule has 1 aliphatic carbocycles. The zero-order valence-electron chi connectivity index (χ0n) is 14.8. The van der Waals surface area contributed by atoms with Gasteiger partial charge in [-0.3, -0.25) is 0 Å². The van der Waals surface area contributed by atoms with E-state index in [1.165, 1.54) is 25.2 Å². The third-order valence-corrected chi connectivity index (χ3v) is 5.18. The van der Waals surface area contributed by atoms with E-state index >= 15 is 0 Å². The van der Waals surface area contributed by atoms with Crippen molar-refractivity contribution in [3.8, 4) is 0 Å². The lowest BCUT2D eigenvalue weighted by Gasteiger charge is -2.42. The number of carbonyl (C=O) groups excluding carboxylic acids is 1. The maximum absolute atomic E-state index is 14.9. The van der Waals surface area contributed by atoms with Crippen LogP contribution in [0.3, 0.4) is 0 Å². The predicted molar refractivity (Wildman–Crippen MR) is 95.7 cm³/mol. The molecule has 1 N–H and O–H groups in total. The van der Waals surface area contributed by atoms with Crippen LogP contribution in [0.15, 0.2) is 48.5 Å². The van der Waals surface area contributed by atoms with E-state index < -0.39 is 17.5 Å². The fraction of sp³-hybridized carbons (Fsp3) is 0.381. The first-order valence-electron chi connectivity index (χ1n) is 8.99. The van der Waals surface area contributed by atoms with Crippen molar-refractivity contribution in [2.75, 3.05) is 7.05 Å². The molecule has 0 aromatic heterocycles. The van der Waals surface area contributed by atoms with Crippen molar-refractivity contribution in [2.45, 2.75) is 37.7 Å². The van der Waals surface area contributed by atoms with E-state index in [0.717, 1.165) is 32.1 Å². The van der Waals surface area contributed by atoms with E-state index in [1.54, 1.807) is 30.3 Å². The summed E-state index contributed by atoms with van der Waals surface area (Å²) in [6.07, 6.45) is 4.06. The highest BCUT2D eigenvalue weighted by Crippen LogP contribution is 2.47. The minimum Gasteiger partial charge on any atom is -0.433 e. The van der Waals surface area contributed by atoms with Gasteiger partial charge in [0, 0.05) is 24.1 Å². The minimum absolute atomic E-state index is 0.0871. The van der Waals surface area contributed by atoms with Gasteiger partial charge in [-0.1, -0.05) is 49.6 Å². The molecular weight excluding hydrogens is 336 g/mol. The smallest absolute Gasteiger partial charge is 0.408 e. The predicted octanol–water partition coefficient (Wildman–Crippen LogP) is 5.14. The highest BCUT2D eigenvalue weighted by molar-refractivity contribution is 5.68. The highest BCUT2D eigenvalue weighted by Gasteiger charge is 2.47. The lowest BCUT2D eigenvalue weighted by Crippen LogP contribution is -2.44. The maximum Gasteiger partial charge on any atom is 0.408 e. The van der Waals surface area contributed by atoms with Gasteiger partial charge in [-0.2, -0.15) is 0 Å². The molecule has 1 fully saturated rings. The zero-order chi connectivity index (χ0) is 18.6. The van der Waals surface area contributed by atoms with Gasteiger partial charge in [-0.15, -0.1) is 0 Å². The van der Waals surface area contributed by atoms with Crippen LogP contribution in [0.1, 0.15) is 43.2 Å². The number of hydrogen-bond donors (Lipinski definition) is 1. The van der Waals surface area contributed by atoms with Crippen molar-refractivity contribution in [1.82, 2.24) is 5.32 Å². The van der Waals surface area contributed by atoms with Crippen LogP contribution in [0, 0.1) is 17.6 Å². The molecule has 138 valence electrons. The number of halogens is 2. The second-order valence-corrected chi connectivity index (χ2v) is 6.70.